The van der Waals surface area contributed by atoms with Crippen LogP contribution in [-0.4, -0.2) is 24.9 Å². The van der Waals surface area contributed by atoms with Gasteiger partial charge in [0.1, 0.15) is 5.75 Å². The highest BCUT2D eigenvalue weighted by Crippen LogP contribution is 2.32. The van der Waals surface area contributed by atoms with E-state index in [9.17, 15) is 9.59 Å². The minimum absolute atomic E-state index is 0.0180. The Morgan fingerprint density at radius 1 is 1.00 bits per heavy atom. The molecule has 27 heavy (non-hydrogen) atoms. The Morgan fingerprint density at radius 2 is 1.63 bits per heavy atom. The summed E-state index contributed by atoms with van der Waals surface area (Å²) < 4.78 is 5.96. The second kappa shape index (κ2) is 10.4. The molecule has 2 aromatic carbocycles. The minimum Gasteiger partial charge on any atom is -0.455 e. The van der Waals surface area contributed by atoms with Crippen molar-refractivity contribution in [2.45, 2.75) is 33.6 Å². The molecule has 0 atom stereocenters. The number of amides is 2. The van der Waals surface area contributed by atoms with Crippen LogP contribution in [0.2, 0.25) is 0 Å². The molecule has 0 heterocycles. The Balaban J connectivity index is 2.10. The molecule has 0 aliphatic heterocycles. The van der Waals surface area contributed by atoms with Gasteiger partial charge in [-0.2, -0.15) is 0 Å². The average molecular weight is 368 g/mol. The van der Waals surface area contributed by atoms with E-state index in [4.69, 9.17) is 4.74 Å². The molecule has 0 aliphatic carbocycles. The first-order chi connectivity index (χ1) is 13.1. The second-order valence-electron chi connectivity index (χ2n) is 6.36. The Hall–Kier alpha value is -2.82. The smallest absolute Gasteiger partial charge is 0.224 e. The van der Waals surface area contributed by atoms with E-state index in [0.717, 1.165) is 12.8 Å². The van der Waals surface area contributed by atoms with E-state index in [0.29, 0.717) is 30.3 Å². The molecule has 5 heteroatoms. The number of nitrogens with one attached hydrogen (secondary N) is 1. The molecule has 2 amide bonds. The predicted molar refractivity (Wildman–Crippen MR) is 108 cm³/mol. The number of para-hydroxylation sites is 3. The van der Waals surface area contributed by atoms with Crippen molar-refractivity contribution in [3.05, 3.63) is 54.6 Å². The molecule has 0 aromatic heterocycles. The number of nitrogens with zero attached hydrogens (tertiary/aromatic N) is 1. The summed E-state index contributed by atoms with van der Waals surface area (Å²) in [4.78, 5) is 26.0. The number of benzene rings is 2. The van der Waals surface area contributed by atoms with Gasteiger partial charge in [0, 0.05) is 25.9 Å². The van der Waals surface area contributed by atoms with Crippen LogP contribution in [0.1, 0.15) is 33.6 Å². The van der Waals surface area contributed by atoms with E-state index >= 15 is 0 Å². The predicted octanol–water partition coefficient (Wildman–Crippen LogP) is 4.38. The molecule has 0 fully saturated rings. The van der Waals surface area contributed by atoms with E-state index in [1.54, 1.807) is 4.90 Å². The molecule has 0 bridgehead atoms. The van der Waals surface area contributed by atoms with Crippen LogP contribution in [-0.2, 0) is 9.59 Å². The fourth-order valence-electron chi connectivity index (χ4n) is 2.92. The van der Waals surface area contributed by atoms with Crippen molar-refractivity contribution in [2.75, 3.05) is 18.0 Å². The van der Waals surface area contributed by atoms with Crippen molar-refractivity contribution >= 4 is 17.5 Å². The summed E-state index contributed by atoms with van der Waals surface area (Å²) in [5.41, 5.74) is 0.686. The first kappa shape index (κ1) is 20.5. The maximum atomic E-state index is 12.2. The van der Waals surface area contributed by atoms with E-state index in [-0.39, 0.29) is 17.7 Å². The van der Waals surface area contributed by atoms with Crippen molar-refractivity contribution < 1.29 is 14.3 Å². The highest BCUT2D eigenvalue weighted by Gasteiger charge is 2.18. The van der Waals surface area contributed by atoms with Crippen molar-refractivity contribution in [1.82, 2.24) is 5.32 Å². The summed E-state index contributed by atoms with van der Waals surface area (Å²) in [5, 5.41) is 2.94. The van der Waals surface area contributed by atoms with Crippen LogP contribution >= 0.6 is 0 Å². The number of rotatable bonds is 9. The van der Waals surface area contributed by atoms with Crippen LogP contribution in [0.3, 0.4) is 0 Å². The highest BCUT2D eigenvalue weighted by atomic mass is 16.5. The van der Waals surface area contributed by atoms with Crippen molar-refractivity contribution in [3.63, 3.8) is 0 Å². The van der Waals surface area contributed by atoms with Crippen LogP contribution in [0.25, 0.3) is 0 Å². The van der Waals surface area contributed by atoms with Crippen molar-refractivity contribution in [1.29, 1.82) is 0 Å². The lowest BCUT2D eigenvalue weighted by Crippen LogP contribution is -2.39. The summed E-state index contributed by atoms with van der Waals surface area (Å²) in [7, 11) is 0. The van der Waals surface area contributed by atoms with E-state index in [1.807, 2.05) is 68.4 Å². The highest BCUT2D eigenvalue weighted by molar-refractivity contribution is 5.93. The number of hydrogen-bond acceptors (Lipinski definition) is 3. The molecule has 0 saturated heterocycles. The van der Waals surface area contributed by atoms with Crippen LogP contribution in [0, 0.1) is 5.92 Å². The van der Waals surface area contributed by atoms with Gasteiger partial charge in [0.2, 0.25) is 11.8 Å². The van der Waals surface area contributed by atoms with E-state index in [1.165, 1.54) is 6.92 Å². The molecule has 5 nitrogen and oxygen atoms in total. The maximum Gasteiger partial charge on any atom is 0.224 e. The SMILES string of the molecule is CCC(CC)C(=O)NCCN(C(C)=O)c1ccccc1Oc1ccccc1. The number of ether oxygens (including phenoxy) is 1. The molecular weight excluding hydrogens is 340 g/mol. The minimum atomic E-state index is -0.101. The summed E-state index contributed by atoms with van der Waals surface area (Å²) in [6, 6.07) is 16.9. The van der Waals surface area contributed by atoms with Gasteiger partial charge in [-0.15, -0.1) is 0 Å². The fourth-order valence-corrected chi connectivity index (χ4v) is 2.92. The van der Waals surface area contributed by atoms with E-state index < -0.39 is 0 Å². The summed E-state index contributed by atoms with van der Waals surface area (Å²) in [6.45, 7) is 6.31. The molecule has 144 valence electrons. The van der Waals surface area contributed by atoms with Gasteiger partial charge in [-0.05, 0) is 37.1 Å². The lowest BCUT2D eigenvalue weighted by Gasteiger charge is -2.24. The third kappa shape index (κ3) is 5.84. The van der Waals surface area contributed by atoms with Crippen LogP contribution < -0.4 is 15.0 Å². The maximum absolute atomic E-state index is 12.2. The molecular formula is C22H28N2O3. The van der Waals surface area contributed by atoms with Gasteiger partial charge in [0.15, 0.2) is 5.75 Å². The van der Waals surface area contributed by atoms with Crippen molar-refractivity contribution in [3.8, 4) is 11.5 Å². The summed E-state index contributed by atoms with van der Waals surface area (Å²) in [5.74, 6) is 1.26. The van der Waals surface area contributed by atoms with Crippen LogP contribution in [0.15, 0.2) is 54.6 Å². The zero-order valence-corrected chi connectivity index (χ0v) is 16.3. The normalized spacial score (nSPS) is 10.5. The molecule has 0 saturated carbocycles. The lowest BCUT2D eigenvalue weighted by atomic mass is 10.0. The standard InChI is InChI=1S/C22H28N2O3/c1-4-18(5-2)22(26)23-15-16-24(17(3)25)20-13-9-10-14-21(20)27-19-11-7-6-8-12-19/h6-14,18H,4-5,15-16H2,1-3H3,(H,23,26). The molecule has 0 radical (unpaired) electrons. The first-order valence-corrected chi connectivity index (χ1v) is 9.44. The quantitative estimate of drug-likeness (QED) is 0.714. The number of hydrogen-bond donors (Lipinski definition) is 1. The van der Waals surface area contributed by atoms with Gasteiger partial charge in [-0.3, -0.25) is 9.59 Å². The topological polar surface area (TPSA) is 58.6 Å². The third-order valence-electron chi connectivity index (χ3n) is 4.50. The Kier molecular flexibility index (Phi) is 7.86. The van der Waals surface area contributed by atoms with Crippen LogP contribution in [0.5, 0.6) is 11.5 Å². The Morgan fingerprint density at radius 3 is 2.26 bits per heavy atom. The number of anilines is 1. The largest absolute Gasteiger partial charge is 0.455 e. The molecule has 2 aromatic rings. The van der Waals surface area contributed by atoms with Gasteiger partial charge in [-0.25, -0.2) is 0 Å². The Bertz CT molecular complexity index is 742. The number of carbonyl (C=O) groups excluding carboxylic acids is 2. The average Bonchev–Trinajstić information content (AvgIpc) is 2.67. The van der Waals surface area contributed by atoms with Gasteiger partial charge in [0.25, 0.3) is 0 Å². The van der Waals surface area contributed by atoms with Gasteiger partial charge < -0.3 is 15.0 Å². The van der Waals surface area contributed by atoms with E-state index in [2.05, 4.69) is 5.32 Å². The van der Waals surface area contributed by atoms with Crippen molar-refractivity contribution in [2.24, 2.45) is 5.92 Å². The molecule has 0 unspecified atom stereocenters. The monoisotopic (exact) mass is 368 g/mol. The summed E-state index contributed by atoms with van der Waals surface area (Å²) >= 11 is 0. The third-order valence-corrected chi connectivity index (χ3v) is 4.50. The zero-order chi connectivity index (χ0) is 19.6. The summed E-state index contributed by atoms with van der Waals surface area (Å²) in [6.07, 6.45) is 1.62. The zero-order valence-electron chi connectivity index (χ0n) is 16.3. The fraction of sp³-hybridized carbons (Fsp3) is 0.364. The number of carbonyl (C=O) groups is 2. The van der Waals surface area contributed by atoms with Gasteiger partial charge in [0.05, 0.1) is 5.69 Å². The van der Waals surface area contributed by atoms with Gasteiger partial charge in [-0.1, -0.05) is 44.2 Å². The molecule has 0 aliphatic rings. The Labute approximate surface area is 161 Å². The molecule has 0 spiro atoms. The van der Waals surface area contributed by atoms with Gasteiger partial charge >= 0.3 is 0 Å². The first-order valence-electron chi connectivity index (χ1n) is 9.44. The second-order valence-corrected chi connectivity index (χ2v) is 6.36. The molecule has 1 N–H and O–H groups in total. The molecule has 2 rings (SSSR count). The van der Waals surface area contributed by atoms with Crippen LogP contribution in [0.4, 0.5) is 5.69 Å². The lowest BCUT2D eigenvalue weighted by molar-refractivity contribution is -0.125.